The molecule has 1 aromatic carbocycles. The lowest BCUT2D eigenvalue weighted by Gasteiger charge is -2.26. The van der Waals surface area contributed by atoms with Gasteiger partial charge in [-0.05, 0) is 44.3 Å². The number of hydrogen-bond donors (Lipinski definition) is 4. The van der Waals surface area contributed by atoms with E-state index in [0.717, 1.165) is 31.7 Å². The summed E-state index contributed by atoms with van der Waals surface area (Å²) in [5.74, 6) is 1.43. The Labute approximate surface area is 238 Å². The topological polar surface area (TPSA) is 147 Å². The minimum absolute atomic E-state index is 0.373. The number of aliphatic hydroxyl groups is 2. The van der Waals surface area contributed by atoms with Gasteiger partial charge in [0.1, 0.15) is 18.3 Å². The predicted octanol–water partition coefficient (Wildman–Crippen LogP) is 2.92. The van der Waals surface area contributed by atoms with Crippen LogP contribution in [0, 0.1) is 0 Å². The standard InChI is InChI=1S/C29H38N8O4/c1-2-20-17-21(41-35-20)25-23(38)24(39)28(40-25)37-18-32-22-26(30-12-11-19-9-5-3-6-10-19)33-29(34-27(22)37)31-13-16-36-14-7-4-8-15-36/h3,5-6,9-10,17-18,23-25,28,38-39H,2,4,7-8,11-16H2,1H3,(H2,30,31,33,34). The zero-order chi connectivity index (χ0) is 28.2. The molecule has 0 amide bonds. The van der Waals surface area contributed by atoms with E-state index in [1.807, 2.05) is 25.1 Å². The molecule has 12 nitrogen and oxygen atoms in total. The number of benzene rings is 1. The first-order chi connectivity index (χ1) is 20.1. The molecule has 0 aliphatic carbocycles. The van der Waals surface area contributed by atoms with E-state index >= 15 is 0 Å². The largest absolute Gasteiger partial charge is 0.387 e. The summed E-state index contributed by atoms with van der Waals surface area (Å²) in [5, 5.41) is 32.7. The van der Waals surface area contributed by atoms with Crippen LogP contribution in [0.2, 0.25) is 0 Å². The molecule has 3 aromatic heterocycles. The summed E-state index contributed by atoms with van der Waals surface area (Å²) < 4.78 is 13.2. The Morgan fingerprint density at radius 1 is 1.00 bits per heavy atom. The van der Waals surface area contributed by atoms with Crippen LogP contribution in [0.25, 0.3) is 11.2 Å². The summed E-state index contributed by atoms with van der Waals surface area (Å²) >= 11 is 0. The van der Waals surface area contributed by atoms with Gasteiger partial charge < -0.3 is 35.0 Å². The van der Waals surface area contributed by atoms with Crippen LogP contribution < -0.4 is 10.6 Å². The SMILES string of the molecule is CCc1cc(C2OC(n3cnc4c(NCCc5ccccc5)nc(NCCN5CCCCC5)nc43)C(O)C2O)on1. The number of aliphatic hydroxyl groups excluding tert-OH is 2. The van der Waals surface area contributed by atoms with Crippen molar-refractivity contribution in [3.05, 3.63) is 59.7 Å². The summed E-state index contributed by atoms with van der Waals surface area (Å²) in [6, 6.07) is 12.0. The summed E-state index contributed by atoms with van der Waals surface area (Å²) in [6.45, 7) is 6.47. The maximum Gasteiger partial charge on any atom is 0.226 e. The molecule has 4 unspecified atom stereocenters. The van der Waals surface area contributed by atoms with Crippen molar-refractivity contribution < 1.29 is 19.5 Å². The number of ether oxygens (including phenoxy) is 1. The van der Waals surface area contributed by atoms with Crippen LogP contribution in [-0.2, 0) is 17.6 Å². The number of nitrogens with zero attached hydrogens (tertiary/aromatic N) is 6. The number of hydrogen-bond acceptors (Lipinski definition) is 11. The van der Waals surface area contributed by atoms with Gasteiger partial charge in [-0.15, -0.1) is 0 Å². The van der Waals surface area contributed by atoms with E-state index in [0.29, 0.717) is 48.2 Å². The summed E-state index contributed by atoms with van der Waals surface area (Å²) in [4.78, 5) is 16.6. The lowest BCUT2D eigenvalue weighted by atomic mass is 10.1. The molecule has 4 N–H and O–H groups in total. The van der Waals surface area contributed by atoms with Crippen LogP contribution in [0.3, 0.4) is 0 Å². The molecule has 2 fully saturated rings. The second kappa shape index (κ2) is 12.5. The van der Waals surface area contributed by atoms with Gasteiger partial charge in [0.2, 0.25) is 5.95 Å². The van der Waals surface area contributed by atoms with Crippen molar-refractivity contribution in [2.45, 2.75) is 63.6 Å². The van der Waals surface area contributed by atoms with Gasteiger partial charge in [-0.25, -0.2) is 4.98 Å². The molecule has 5 heterocycles. The van der Waals surface area contributed by atoms with Crippen molar-refractivity contribution >= 4 is 22.9 Å². The molecule has 0 radical (unpaired) electrons. The lowest BCUT2D eigenvalue weighted by Crippen LogP contribution is -2.34. The Morgan fingerprint density at radius 3 is 2.61 bits per heavy atom. The minimum atomic E-state index is -1.23. The van der Waals surface area contributed by atoms with Gasteiger partial charge in [-0.2, -0.15) is 9.97 Å². The van der Waals surface area contributed by atoms with Gasteiger partial charge in [-0.3, -0.25) is 4.57 Å². The normalized spacial score (nSPS) is 23.3. The first-order valence-electron chi connectivity index (χ1n) is 14.6. The van der Waals surface area contributed by atoms with E-state index in [1.54, 1.807) is 17.0 Å². The maximum atomic E-state index is 11.0. The molecule has 41 heavy (non-hydrogen) atoms. The quantitative estimate of drug-likeness (QED) is 0.214. The fourth-order valence-corrected chi connectivity index (χ4v) is 5.54. The molecule has 2 saturated heterocycles. The van der Waals surface area contributed by atoms with E-state index in [9.17, 15) is 10.2 Å². The van der Waals surface area contributed by atoms with E-state index in [2.05, 4.69) is 37.8 Å². The highest BCUT2D eigenvalue weighted by atomic mass is 16.6. The van der Waals surface area contributed by atoms with E-state index in [4.69, 9.17) is 19.2 Å². The van der Waals surface area contributed by atoms with Crippen molar-refractivity contribution in [1.29, 1.82) is 0 Å². The fraction of sp³-hybridized carbons (Fsp3) is 0.517. The number of likely N-dealkylation sites (tertiary alicyclic amines) is 1. The number of aryl methyl sites for hydroxylation is 1. The number of anilines is 2. The molecule has 6 rings (SSSR count). The third-order valence-electron chi connectivity index (χ3n) is 7.86. The van der Waals surface area contributed by atoms with Crippen molar-refractivity contribution in [1.82, 2.24) is 29.6 Å². The van der Waals surface area contributed by atoms with E-state index < -0.39 is 24.5 Å². The van der Waals surface area contributed by atoms with Crippen molar-refractivity contribution in [2.24, 2.45) is 0 Å². The Kier molecular flexibility index (Phi) is 8.42. The second-order valence-electron chi connectivity index (χ2n) is 10.7. The highest BCUT2D eigenvalue weighted by Crippen LogP contribution is 2.40. The molecule has 2 aliphatic rings. The number of nitrogens with one attached hydrogen (secondary N) is 2. The molecule has 4 atom stereocenters. The minimum Gasteiger partial charge on any atom is -0.387 e. The smallest absolute Gasteiger partial charge is 0.226 e. The molecule has 2 aliphatic heterocycles. The van der Waals surface area contributed by atoms with Gasteiger partial charge in [-0.1, -0.05) is 48.8 Å². The molecule has 12 heteroatoms. The molecule has 0 bridgehead atoms. The number of rotatable bonds is 11. The van der Waals surface area contributed by atoms with Crippen LogP contribution in [0.1, 0.15) is 55.5 Å². The second-order valence-corrected chi connectivity index (χ2v) is 10.7. The molecular weight excluding hydrogens is 524 g/mol. The van der Waals surface area contributed by atoms with Gasteiger partial charge in [0.15, 0.2) is 29.0 Å². The first kappa shape index (κ1) is 27.6. The number of piperidine rings is 1. The summed E-state index contributed by atoms with van der Waals surface area (Å²) in [5.41, 5.74) is 3.02. The average Bonchev–Trinajstić information content (AvgIpc) is 3.72. The average molecular weight is 563 g/mol. The van der Waals surface area contributed by atoms with Gasteiger partial charge in [0, 0.05) is 25.7 Å². The summed E-state index contributed by atoms with van der Waals surface area (Å²) in [6.07, 6.45) is 2.62. The molecule has 218 valence electrons. The Balaban J connectivity index is 1.25. The molecule has 0 saturated carbocycles. The highest BCUT2D eigenvalue weighted by molar-refractivity contribution is 5.84. The number of aromatic nitrogens is 5. The van der Waals surface area contributed by atoms with Crippen LogP contribution in [0.15, 0.2) is 47.2 Å². The number of imidazole rings is 1. The summed E-state index contributed by atoms with van der Waals surface area (Å²) in [7, 11) is 0. The lowest BCUT2D eigenvalue weighted by molar-refractivity contribution is -0.0434. The van der Waals surface area contributed by atoms with E-state index in [1.165, 1.54) is 24.8 Å². The first-order valence-corrected chi connectivity index (χ1v) is 14.6. The molecular formula is C29H38N8O4. The van der Waals surface area contributed by atoms with Gasteiger partial charge in [0.25, 0.3) is 0 Å². The highest BCUT2D eigenvalue weighted by Gasteiger charge is 2.47. The monoisotopic (exact) mass is 562 g/mol. The van der Waals surface area contributed by atoms with Crippen LogP contribution in [0.5, 0.6) is 0 Å². The Bertz CT molecular complexity index is 1420. The van der Waals surface area contributed by atoms with Crippen LogP contribution >= 0.6 is 0 Å². The van der Waals surface area contributed by atoms with Crippen LogP contribution in [0.4, 0.5) is 11.8 Å². The van der Waals surface area contributed by atoms with E-state index in [-0.39, 0.29) is 0 Å². The fourth-order valence-electron chi connectivity index (χ4n) is 5.54. The maximum absolute atomic E-state index is 11.0. The Hall–Kier alpha value is -3.58. The predicted molar refractivity (Wildman–Crippen MR) is 153 cm³/mol. The number of fused-ring (bicyclic) bond motifs is 1. The molecule has 0 spiro atoms. The Morgan fingerprint density at radius 2 is 1.83 bits per heavy atom. The van der Waals surface area contributed by atoms with Crippen LogP contribution in [-0.4, -0.2) is 84.7 Å². The zero-order valence-electron chi connectivity index (χ0n) is 23.3. The van der Waals surface area contributed by atoms with Crippen molar-refractivity contribution in [3.63, 3.8) is 0 Å². The van der Waals surface area contributed by atoms with Gasteiger partial charge >= 0.3 is 0 Å². The van der Waals surface area contributed by atoms with Gasteiger partial charge in [0.05, 0.1) is 12.0 Å². The van der Waals surface area contributed by atoms with Crippen molar-refractivity contribution in [3.8, 4) is 0 Å². The zero-order valence-corrected chi connectivity index (χ0v) is 23.3. The third kappa shape index (κ3) is 6.05. The third-order valence-corrected chi connectivity index (χ3v) is 7.86. The molecule has 4 aromatic rings. The van der Waals surface area contributed by atoms with Crippen molar-refractivity contribution in [2.75, 3.05) is 43.4 Å².